The third kappa shape index (κ3) is 3.31. The van der Waals surface area contributed by atoms with Crippen LogP contribution < -0.4 is 10.6 Å². The summed E-state index contributed by atoms with van der Waals surface area (Å²) in [6.45, 7) is 4.14. The van der Waals surface area contributed by atoms with Crippen LogP contribution in [0.5, 0.6) is 0 Å². The molecule has 34 heavy (non-hydrogen) atoms. The lowest BCUT2D eigenvalue weighted by Crippen LogP contribution is -2.49. The average molecular weight is 461 g/mol. The zero-order chi connectivity index (χ0) is 23.3. The van der Waals surface area contributed by atoms with Gasteiger partial charge in [0, 0.05) is 60.1 Å². The van der Waals surface area contributed by atoms with Crippen molar-refractivity contribution in [2.45, 2.75) is 5.41 Å². The van der Waals surface area contributed by atoms with Gasteiger partial charge in [-0.05, 0) is 29.8 Å². The van der Waals surface area contributed by atoms with Crippen molar-refractivity contribution in [1.82, 2.24) is 14.9 Å². The number of halogens is 1. The molecule has 0 aliphatic carbocycles. The second kappa shape index (κ2) is 8.03. The van der Waals surface area contributed by atoms with E-state index in [9.17, 15) is 9.18 Å². The van der Waals surface area contributed by atoms with E-state index >= 15 is 0 Å². The van der Waals surface area contributed by atoms with Crippen LogP contribution in [0.2, 0.25) is 0 Å². The van der Waals surface area contributed by atoms with Crippen molar-refractivity contribution >= 4 is 23.2 Å². The quantitative estimate of drug-likeness (QED) is 0.600. The molecule has 2 N–H and O–H groups in total. The molecule has 0 bridgehead atoms. The summed E-state index contributed by atoms with van der Waals surface area (Å²) in [5, 5.41) is 0. The molecule has 0 unspecified atom stereocenters. The summed E-state index contributed by atoms with van der Waals surface area (Å²) in [4.78, 5) is 26.0. The van der Waals surface area contributed by atoms with Gasteiger partial charge in [-0.25, -0.2) is 14.4 Å². The van der Waals surface area contributed by atoms with Crippen molar-refractivity contribution in [3.8, 4) is 11.1 Å². The highest BCUT2D eigenvalue weighted by Crippen LogP contribution is 2.48. The van der Waals surface area contributed by atoms with Gasteiger partial charge in [-0.2, -0.15) is 0 Å². The molecule has 1 spiro atoms. The van der Waals surface area contributed by atoms with Gasteiger partial charge in [-0.1, -0.05) is 12.1 Å². The Kier molecular flexibility index (Phi) is 4.96. The normalized spacial score (nSPS) is 18.6. The van der Waals surface area contributed by atoms with E-state index in [1.165, 1.54) is 6.07 Å². The Morgan fingerprint density at radius 2 is 1.82 bits per heavy atom. The minimum Gasteiger partial charge on any atom is -0.398 e. The number of fused-ring (bicyclic) bond motifs is 2. The molecule has 0 atom stereocenters. The second-order valence-electron chi connectivity index (χ2n) is 8.97. The molecule has 2 saturated heterocycles. The fraction of sp³-hybridized carbons (Fsp3) is 0.320. The van der Waals surface area contributed by atoms with Gasteiger partial charge in [-0.3, -0.25) is 4.79 Å². The van der Waals surface area contributed by atoms with Crippen LogP contribution in [0.15, 0.2) is 48.8 Å². The molecule has 1 aromatic heterocycles. The maximum absolute atomic E-state index is 14.4. The largest absolute Gasteiger partial charge is 0.398 e. The maximum atomic E-state index is 14.4. The van der Waals surface area contributed by atoms with Crippen molar-refractivity contribution in [2.24, 2.45) is 0 Å². The molecule has 0 radical (unpaired) electrons. The Hall–Kier alpha value is -3.56. The van der Waals surface area contributed by atoms with Crippen molar-refractivity contribution in [3.05, 3.63) is 65.7 Å². The van der Waals surface area contributed by atoms with Crippen molar-refractivity contribution in [1.29, 1.82) is 0 Å². The van der Waals surface area contributed by atoms with Gasteiger partial charge < -0.3 is 25.0 Å². The van der Waals surface area contributed by atoms with E-state index in [1.54, 1.807) is 24.5 Å². The lowest BCUT2D eigenvalue weighted by molar-refractivity contribution is -0.0507. The summed E-state index contributed by atoms with van der Waals surface area (Å²) in [6, 6.07) is 10.4. The van der Waals surface area contributed by atoms with Gasteiger partial charge in [0.25, 0.3) is 5.91 Å². The summed E-state index contributed by atoms with van der Waals surface area (Å²) in [6.07, 6.45) is 3.17. The SMILES string of the molecule is Nc1cccc(F)c1-c1cnc(N2CC3(COC3)c3ccc(C(=O)N4CCOCC4)cc32)nc1. The Balaban J connectivity index is 1.35. The Bertz CT molecular complexity index is 1240. The molecule has 3 aliphatic heterocycles. The number of morpholine rings is 1. The van der Waals surface area contributed by atoms with E-state index in [4.69, 9.17) is 15.2 Å². The molecular weight excluding hydrogens is 437 g/mol. The maximum Gasteiger partial charge on any atom is 0.254 e. The number of hydrogen-bond donors (Lipinski definition) is 1. The van der Waals surface area contributed by atoms with Crippen LogP contribution in [0.4, 0.5) is 21.7 Å². The van der Waals surface area contributed by atoms with Crippen molar-refractivity contribution < 1.29 is 18.7 Å². The highest BCUT2D eigenvalue weighted by molar-refractivity contribution is 5.96. The Labute approximate surface area is 196 Å². The molecular formula is C25H24FN5O3. The van der Waals surface area contributed by atoms with Gasteiger partial charge >= 0.3 is 0 Å². The smallest absolute Gasteiger partial charge is 0.254 e. The van der Waals surface area contributed by atoms with Crippen LogP contribution in [-0.2, 0) is 14.9 Å². The zero-order valence-corrected chi connectivity index (χ0v) is 18.5. The lowest BCUT2D eigenvalue weighted by atomic mass is 9.80. The fourth-order valence-corrected chi connectivity index (χ4v) is 4.97. The van der Waals surface area contributed by atoms with Crippen molar-refractivity contribution in [3.63, 3.8) is 0 Å². The Morgan fingerprint density at radius 3 is 2.50 bits per heavy atom. The molecule has 9 heteroatoms. The van der Waals surface area contributed by atoms with E-state index in [1.807, 2.05) is 28.0 Å². The summed E-state index contributed by atoms with van der Waals surface area (Å²) in [7, 11) is 0. The number of nitrogen functional groups attached to an aromatic ring is 1. The summed E-state index contributed by atoms with van der Waals surface area (Å²) >= 11 is 0. The number of benzene rings is 2. The van der Waals surface area contributed by atoms with E-state index < -0.39 is 5.82 Å². The number of carbonyl (C=O) groups is 1. The first-order valence-electron chi connectivity index (χ1n) is 11.3. The van der Waals surface area contributed by atoms with Crippen LogP contribution in [0, 0.1) is 5.82 Å². The molecule has 2 aromatic carbocycles. The molecule has 4 heterocycles. The summed E-state index contributed by atoms with van der Waals surface area (Å²) in [5.41, 5.74) is 9.62. The molecule has 174 valence electrons. The van der Waals surface area contributed by atoms with E-state index in [2.05, 4.69) is 9.97 Å². The molecule has 2 fully saturated rings. The number of rotatable bonds is 3. The van der Waals surface area contributed by atoms with Crippen LogP contribution in [0.1, 0.15) is 15.9 Å². The number of anilines is 3. The van der Waals surface area contributed by atoms with Crippen LogP contribution in [0.25, 0.3) is 11.1 Å². The second-order valence-corrected chi connectivity index (χ2v) is 8.97. The number of amides is 1. The lowest BCUT2D eigenvalue weighted by Gasteiger charge is -2.38. The van der Waals surface area contributed by atoms with Gasteiger partial charge in [0.1, 0.15) is 5.82 Å². The minimum absolute atomic E-state index is 0.0110. The number of ether oxygens (including phenoxy) is 2. The number of aromatic nitrogens is 2. The number of carbonyl (C=O) groups excluding carboxylic acids is 1. The van der Waals surface area contributed by atoms with Gasteiger partial charge in [0.05, 0.1) is 31.8 Å². The fourth-order valence-electron chi connectivity index (χ4n) is 4.97. The van der Waals surface area contributed by atoms with Gasteiger partial charge in [0.15, 0.2) is 0 Å². The molecule has 6 rings (SSSR count). The van der Waals surface area contributed by atoms with E-state index in [-0.39, 0.29) is 16.9 Å². The van der Waals surface area contributed by atoms with Crippen LogP contribution in [0.3, 0.4) is 0 Å². The highest BCUT2D eigenvalue weighted by atomic mass is 19.1. The first kappa shape index (κ1) is 21.0. The predicted octanol–water partition coefficient (Wildman–Crippen LogP) is 2.76. The number of nitrogens with two attached hydrogens (primary N) is 1. The minimum atomic E-state index is -0.417. The Morgan fingerprint density at radius 1 is 1.06 bits per heavy atom. The monoisotopic (exact) mass is 461 g/mol. The zero-order valence-electron chi connectivity index (χ0n) is 18.5. The highest BCUT2D eigenvalue weighted by Gasteiger charge is 2.49. The third-order valence-corrected chi connectivity index (χ3v) is 6.84. The summed E-state index contributed by atoms with van der Waals surface area (Å²) < 4.78 is 25.3. The van der Waals surface area contributed by atoms with E-state index in [0.29, 0.717) is 68.8 Å². The average Bonchev–Trinajstić information content (AvgIpc) is 3.20. The van der Waals surface area contributed by atoms with Crippen LogP contribution in [-0.4, -0.2) is 66.8 Å². The molecule has 3 aromatic rings. The topological polar surface area (TPSA) is 93.8 Å². The number of nitrogens with zero attached hydrogens (tertiary/aromatic N) is 4. The number of hydrogen-bond acceptors (Lipinski definition) is 7. The third-order valence-electron chi connectivity index (χ3n) is 6.84. The summed E-state index contributed by atoms with van der Waals surface area (Å²) in [5.74, 6) is 0.0579. The predicted molar refractivity (Wildman–Crippen MR) is 125 cm³/mol. The molecule has 0 saturated carbocycles. The van der Waals surface area contributed by atoms with Gasteiger partial charge in [-0.15, -0.1) is 0 Å². The van der Waals surface area contributed by atoms with Gasteiger partial charge in [0.2, 0.25) is 5.95 Å². The molecule has 1 amide bonds. The first-order chi connectivity index (χ1) is 16.6. The van der Waals surface area contributed by atoms with Crippen LogP contribution >= 0.6 is 0 Å². The van der Waals surface area contributed by atoms with E-state index in [0.717, 1.165) is 11.3 Å². The first-order valence-corrected chi connectivity index (χ1v) is 11.3. The molecule has 3 aliphatic rings. The molecule has 8 nitrogen and oxygen atoms in total. The standard InChI is InChI=1S/C25H24FN5O3/c26-19-2-1-3-20(27)22(19)17-11-28-24(29-12-17)31-13-25(14-34-15-25)18-5-4-16(10-21(18)31)23(32)30-6-8-33-9-7-30/h1-5,10-12H,6-9,13-15,27H2. The van der Waals surface area contributed by atoms with Crippen molar-refractivity contribution in [2.75, 3.05) is 56.7 Å².